The van der Waals surface area contributed by atoms with Crippen LogP contribution in [-0.2, 0) is 0 Å². The number of thioether (sulfide) groups is 1. The molecule has 0 spiro atoms. The highest BCUT2D eigenvalue weighted by atomic mass is 32.2. The molecule has 0 unspecified atom stereocenters. The van der Waals surface area contributed by atoms with E-state index in [1.165, 1.54) is 0 Å². The lowest BCUT2D eigenvalue weighted by Crippen LogP contribution is -1.96. The third kappa shape index (κ3) is 1.95. The number of rotatable bonds is 3. The monoisotopic (exact) mass is 230 g/mol. The molecule has 1 heterocycles. The molecule has 0 atom stereocenters. The van der Waals surface area contributed by atoms with Crippen LogP contribution in [0.4, 0.5) is 0 Å². The van der Waals surface area contributed by atoms with Crippen molar-refractivity contribution in [1.29, 1.82) is 5.26 Å². The van der Waals surface area contributed by atoms with Crippen molar-refractivity contribution < 1.29 is 4.79 Å². The number of hydrogen-bond acceptors (Lipinski definition) is 3. The van der Waals surface area contributed by atoms with E-state index in [2.05, 4.69) is 4.98 Å². The summed E-state index contributed by atoms with van der Waals surface area (Å²) in [7, 11) is 0. The van der Waals surface area contributed by atoms with E-state index < -0.39 is 0 Å². The second-order valence-electron chi connectivity index (χ2n) is 3.39. The quantitative estimate of drug-likeness (QED) is 0.651. The molecule has 0 bridgehead atoms. The van der Waals surface area contributed by atoms with Gasteiger partial charge in [-0.3, -0.25) is 4.79 Å². The van der Waals surface area contributed by atoms with Crippen LogP contribution in [0.15, 0.2) is 29.2 Å². The minimum Gasteiger partial charge on any atom is -0.352 e. The van der Waals surface area contributed by atoms with Crippen molar-refractivity contribution in [3.63, 3.8) is 0 Å². The molecule has 0 saturated heterocycles. The van der Waals surface area contributed by atoms with Gasteiger partial charge in [0.25, 0.3) is 0 Å². The molecule has 0 fully saturated rings. The van der Waals surface area contributed by atoms with E-state index in [-0.39, 0.29) is 12.2 Å². The van der Waals surface area contributed by atoms with Crippen LogP contribution in [0, 0.1) is 11.3 Å². The predicted molar refractivity (Wildman–Crippen MR) is 64.6 cm³/mol. The highest BCUT2D eigenvalue weighted by molar-refractivity contribution is 7.98. The molecule has 0 radical (unpaired) electrons. The van der Waals surface area contributed by atoms with E-state index in [0.29, 0.717) is 5.69 Å². The van der Waals surface area contributed by atoms with Gasteiger partial charge in [0.1, 0.15) is 6.42 Å². The van der Waals surface area contributed by atoms with E-state index in [1.54, 1.807) is 17.8 Å². The van der Waals surface area contributed by atoms with Crippen LogP contribution >= 0.6 is 11.8 Å². The molecule has 2 aromatic rings. The van der Waals surface area contributed by atoms with Crippen LogP contribution in [0.2, 0.25) is 0 Å². The summed E-state index contributed by atoms with van der Waals surface area (Å²) in [5.41, 5.74) is 1.44. The van der Waals surface area contributed by atoms with E-state index >= 15 is 0 Å². The van der Waals surface area contributed by atoms with Crippen LogP contribution in [-0.4, -0.2) is 17.0 Å². The van der Waals surface area contributed by atoms with Gasteiger partial charge in [0.2, 0.25) is 0 Å². The van der Waals surface area contributed by atoms with Crippen molar-refractivity contribution >= 4 is 28.4 Å². The molecule has 1 N–H and O–H groups in total. The number of Topliss-reactive ketones (excluding diaryl/α,β-unsaturated/α-hetero) is 1. The standard InChI is InChI=1S/C12H10N2OS/c1-16-9-2-3-10-8(6-9)7-11(14-10)12(15)4-5-13/h2-3,6-7,14H,4H2,1H3. The van der Waals surface area contributed by atoms with Crippen molar-refractivity contribution in [2.24, 2.45) is 0 Å². The molecular formula is C12H10N2OS. The minimum absolute atomic E-state index is 0.0811. The maximum atomic E-state index is 11.5. The molecule has 16 heavy (non-hydrogen) atoms. The number of hydrogen-bond donors (Lipinski definition) is 1. The number of aromatic nitrogens is 1. The zero-order valence-corrected chi connectivity index (χ0v) is 9.60. The molecule has 0 aliphatic carbocycles. The molecule has 80 valence electrons. The fourth-order valence-corrected chi connectivity index (χ4v) is 2.00. The SMILES string of the molecule is CSc1ccc2[nH]c(C(=O)CC#N)cc2c1. The first-order chi connectivity index (χ1) is 7.74. The molecule has 0 aliphatic rings. The second-order valence-corrected chi connectivity index (χ2v) is 4.27. The summed E-state index contributed by atoms with van der Waals surface area (Å²) in [6.45, 7) is 0. The van der Waals surface area contributed by atoms with Crippen LogP contribution in [0.5, 0.6) is 0 Å². The van der Waals surface area contributed by atoms with Gasteiger partial charge in [-0.25, -0.2) is 0 Å². The van der Waals surface area contributed by atoms with Crippen molar-refractivity contribution in [2.45, 2.75) is 11.3 Å². The summed E-state index contributed by atoms with van der Waals surface area (Å²) in [5.74, 6) is -0.163. The Balaban J connectivity index is 2.44. The van der Waals surface area contributed by atoms with Gasteiger partial charge in [-0.15, -0.1) is 11.8 Å². The Morgan fingerprint density at radius 2 is 2.31 bits per heavy atom. The summed E-state index contributed by atoms with van der Waals surface area (Å²) in [6.07, 6.45) is 1.93. The van der Waals surface area contributed by atoms with Crippen molar-refractivity contribution in [3.8, 4) is 6.07 Å². The minimum atomic E-state index is -0.163. The number of H-pyrrole nitrogens is 1. The summed E-state index contributed by atoms with van der Waals surface area (Å²) in [5, 5.41) is 9.47. The number of ketones is 1. The average Bonchev–Trinajstić information content (AvgIpc) is 2.71. The van der Waals surface area contributed by atoms with Crippen molar-refractivity contribution in [2.75, 3.05) is 6.26 Å². The van der Waals surface area contributed by atoms with Crippen LogP contribution in [0.1, 0.15) is 16.9 Å². The third-order valence-electron chi connectivity index (χ3n) is 2.37. The van der Waals surface area contributed by atoms with E-state index in [9.17, 15) is 4.79 Å². The van der Waals surface area contributed by atoms with Gasteiger partial charge in [-0.05, 0) is 30.5 Å². The molecule has 1 aromatic heterocycles. The maximum absolute atomic E-state index is 11.5. The highest BCUT2D eigenvalue weighted by Crippen LogP contribution is 2.22. The van der Waals surface area contributed by atoms with Gasteiger partial charge < -0.3 is 4.98 Å². The topological polar surface area (TPSA) is 56.6 Å². The summed E-state index contributed by atoms with van der Waals surface area (Å²) in [6, 6.07) is 9.64. The predicted octanol–water partition coefficient (Wildman–Crippen LogP) is 2.99. The lowest BCUT2D eigenvalue weighted by molar-refractivity contribution is 0.0994. The van der Waals surface area contributed by atoms with Gasteiger partial charge in [0, 0.05) is 15.8 Å². The Hall–Kier alpha value is -1.73. The molecule has 4 heteroatoms. The number of carbonyl (C=O) groups excluding carboxylic acids is 1. The Bertz CT molecular complexity index is 580. The Morgan fingerprint density at radius 3 is 3.00 bits per heavy atom. The number of nitrogens with zero attached hydrogens (tertiary/aromatic N) is 1. The average molecular weight is 230 g/mol. The van der Waals surface area contributed by atoms with Gasteiger partial charge in [0.15, 0.2) is 5.78 Å². The second kappa shape index (κ2) is 4.42. The van der Waals surface area contributed by atoms with Crippen molar-refractivity contribution in [3.05, 3.63) is 30.0 Å². The maximum Gasteiger partial charge on any atom is 0.193 e. The van der Waals surface area contributed by atoms with Gasteiger partial charge >= 0.3 is 0 Å². The number of fused-ring (bicyclic) bond motifs is 1. The molecule has 0 amide bonds. The fraction of sp³-hybridized carbons (Fsp3) is 0.167. The molecule has 0 saturated carbocycles. The molecule has 0 aliphatic heterocycles. The van der Waals surface area contributed by atoms with E-state index in [0.717, 1.165) is 15.8 Å². The van der Waals surface area contributed by atoms with E-state index in [1.807, 2.05) is 30.5 Å². The van der Waals surface area contributed by atoms with Crippen LogP contribution < -0.4 is 0 Å². The lowest BCUT2D eigenvalue weighted by Gasteiger charge is -1.94. The normalized spacial score (nSPS) is 10.2. The van der Waals surface area contributed by atoms with Crippen molar-refractivity contribution in [1.82, 2.24) is 4.98 Å². The van der Waals surface area contributed by atoms with E-state index in [4.69, 9.17) is 5.26 Å². The Kier molecular flexibility index (Phi) is 2.97. The van der Waals surface area contributed by atoms with Crippen LogP contribution in [0.25, 0.3) is 10.9 Å². The highest BCUT2D eigenvalue weighted by Gasteiger charge is 2.08. The molecule has 2 rings (SSSR count). The zero-order valence-electron chi connectivity index (χ0n) is 8.78. The molecule has 1 aromatic carbocycles. The summed E-state index contributed by atoms with van der Waals surface area (Å²) in [4.78, 5) is 15.7. The summed E-state index contributed by atoms with van der Waals surface area (Å²) >= 11 is 1.66. The molecule has 3 nitrogen and oxygen atoms in total. The smallest absolute Gasteiger partial charge is 0.193 e. The van der Waals surface area contributed by atoms with Crippen LogP contribution in [0.3, 0.4) is 0 Å². The molecular weight excluding hydrogens is 220 g/mol. The van der Waals surface area contributed by atoms with Gasteiger partial charge in [0.05, 0.1) is 11.8 Å². The number of benzene rings is 1. The lowest BCUT2D eigenvalue weighted by atomic mass is 10.2. The fourth-order valence-electron chi connectivity index (χ4n) is 1.55. The third-order valence-corrected chi connectivity index (χ3v) is 3.09. The van der Waals surface area contributed by atoms with Gasteiger partial charge in [-0.1, -0.05) is 0 Å². The number of carbonyl (C=O) groups is 1. The van der Waals surface area contributed by atoms with Gasteiger partial charge in [-0.2, -0.15) is 5.26 Å². The number of aromatic amines is 1. The Labute approximate surface area is 97.5 Å². The first-order valence-corrected chi connectivity index (χ1v) is 6.04. The first-order valence-electron chi connectivity index (χ1n) is 4.81. The zero-order chi connectivity index (χ0) is 11.5. The largest absolute Gasteiger partial charge is 0.352 e. The Morgan fingerprint density at radius 1 is 1.50 bits per heavy atom. The first kappa shape index (κ1) is 10.8. The number of nitriles is 1. The number of nitrogens with one attached hydrogen (secondary N) is 1. The summed E-state index contributed by atoms with van der Waals surface area (Å²) < 4.78 is 0.